The number of aromatic hydroxyl groups is 1. The second-order valence-electron chi connectivity index (χ2n) is 9.58. The lowest BCUT2D eigenvalue weighted by Crippen LogP contribution is -2.34. The van der Waals surface area contributed by atoms with Crippen molar-refractivity contribution in [2.75, 3.05) is 19.9 Å². The van der Waals surface area contributed by atoms with Crippen molar-refractivity contribution in [3.8, 4) is 22.9 Å². The number of aryl methyl sites for hydroxylation is 3. The molecule has 0 fully saturated rings. The molecule has 2 bridgehead atoms. The Hall–Kier alpha value is -4.26. The Morgan fingerprint density at radius 3 is 2.46 bits per heavy atom. The molecule has 0 aliphatic carbocycles. The van der Waals surface area contributed by atoms with E-state index in [1.165, 1.54) is 11.1 Å². The average Bonchev–Trinajstić information content (AvgIpc) is 3.62. The number of carbonyl (C=O) groups is 1. The first-order valence-corrected chi connectivity index (χ1v) is 12.8. The number of fused-ring (bicyclic) bond motifs is 4. The highest BCUT2D eigenvalue weighted by molar-refractivity contribution is 5.94. The molecule has 37 heavy (non-hydrogen) atoms. The summed E-state index contributed by atoms with van der Waals surface area (Å²) in [5.74, 6) is 1.87. The molecule has 7 heteroatoms. The first-order chi connectivity index (χ1) is 18.1. The van der Waals surface area contributed by atoms with E-state index < -0.39 is 0 Å². The molecule has 0 unspecified atom stereocenters. The van der Waals surface area contributed by atoms with E-state index in [0.717, 1.165) is 60.4 Å². The SMILES string of the molecule is O=C(c1cccc(-n2cccn2)c1)N1CCCc2cc3c(cc2CCc2cc(ccc2O)CC1)OCO3. The summed E-state index contributed by atoms with van der Waals surface area (Å²) >= 11 is 0. The van der Waals surface area contributed by atoms with Gasteiger partial charge in [0.25, 0.3) is 5.91 Å². The molecule has 0 atom stereocenters. The number of phenolic OH excluding ortho intramolecular Hbond substituents is 1. The van der Waals surface area contributed by atoms with Gasteiger partial charge in [-0.2, -0.15) is 5.10 Å². The van der Waals surface area contributed by atoms with Gasteiger partial charge >= 0.3 is 0 Å². The normalized spacial score (nSPS) is 15.3. The van der Waals surface area contributed by atoms with Crippen LogP contribution in [0, 0.1) is 0 Å². The van der Waals surface area contributed by atoms with Crippen molar-refractivity contribution in [3.05, 3.63) is 101 Å². The smallest absolute Gasteiger partial charge is 0.253 e. The van der Waals surface area contributed by atoms with Gasteiger partial charge in [0.05, 0.1) is 5.69 Å². The minimum Gasteiger partial charge on any atom is -0.508 e. The van der Waals surface area contributed by atoms with Crippen molar-refractivity contribution >= 4 is 5.91 Å². The topological polar surface area (TPSA) is 76.8 Å². The van der Waals surface area contributed by atoms with E-state index in [2.05, 4.69) is 23.3 Å². The maximum absolute atomic E-state index is 13.7. The summed E-state index contributed by atoms with van der Waals surface area (Å²) in [5, 5.41) is 14.8. The summed E-state index contributed by atoms with van der Waals surface area (Å²) in [7, 11) is 0. The molecule has 0 radical (unpaired) electrons. The lowest BCUT2D eigenvalue weighted by Gasteiger charge is -2.23. The molecule has 0 spiro atoms. The van der Waals surface area contributed by atoms with Gasteiger partial charge in [0.15, 0.2) is 11.5 Å². The van der Waals surface area contributed by atoms with Crippen LogP contribution in [0.1, 0.15) is 39.0 Å². The quantitative estimate of drug-likeness (QED) is 0.435. The molecule has 3 heterocycles. The number of hydrogen-bond donors (Lipinski definition) is 1. The highest BCUT2D eigenvalue weighted by Crippen LogP contribution is 2.36. The molecule has 2 aliphatic heterocycles. The summed E-state index contributed by atoms with van der Waals surface area (Å²) in [4.78, 5) is 15.6. The molecule has 1 amide bonds. The fraction of sp³-hybridized carbons (Fsp3) is 0.267. The number of aromatic nitrogens is 2. The number of phenols is 1. The third-order valence-electron chi connectivity index (χ3n) is 7.20. The molecule has 6 rings (SSSR count). The van der Waals surface area contributed by atoms with Gasteiger partial charge in [-0.3, -0.25) is 4.79 Å². The zero-order valence-corrected chi connectivity index (χ0v) is 20.6. The minimum absolute atomic E-state index is 0.00814. The zero-order valence-electron chi connectivity index (χ0n) is 20.6. The molecule has 1 N–H and O–H groups in total. The van der Waals surface area contributed by atoms with E-state index in [0.29, 0.717) is 24.4 Å². The fourth-order valence-electron chi connectivity index (χ4n) is 5.18. The van der Waals surface area contributed by atoms with E-state index in [1.54, 1.807) is 16.9 Å². The van der Waals surface area contributed by atoms with Crippen LogP contribution in [0.2, 0.25) is 0 Å². The van der Waals surface area contributed by atoms with Gasteiger partial charge in [0, 0.05) is 31.0 Å². The number of benzene rings is 3. The van der Waals surface area contributed by atoms with Gasteiger partial charge in [-0.1, -0.05) is 18.2 Å². The lowest BCUT2D eigenvalue weighted by molar-refractivity contribution is 0.0755. The van der Waals surface area contributed by atoms with Crippen LogP contribution in [-0.4, -0.2) is 45.6 Å². The number of ether oxygens (including phenoxy) is 2. The molecule has 0 saturated carbocycles. The number of rotatable bonds is 2. The first-order valence-electron chi connectivity index (χ1n) is 12.8. The lowest BCUT2D eigenvalue weighted by atomic mass is 9.95. The Bertz CT molecular complexity index is 1430. The van der Waals surface area contributed by atoms with Crippen molar-refractivity contribution in [1.82, 2.24) is 14.7 Å². The standard InChI is InChI=1S/C30H29N3O4/c34-27-10-7-21-11-15-32(30(35)25-4-1-6-26(17-25)33-14-3-12-31-33)13-2-5-22-18-28-29(37-20-36-28)19-23(22)8-9-24(27)16-21/h1,3-4,6-7,10,12,14,16-19,34H,2,5,8-9,11,13,15,20H2. The van der Waals surface area contributed by atoms with Crippen molar-refractivity contribution in [2.24, 2.45) is 0 Å². The third-order valence-corrected chi connectivity index (χ3v) is 7.20. The second kappa shape index (κ2) is 10.0. The Morgan fingerprint density at radius 2 is 1.65 bits per heavy atom. The number of amides is 1. The van der Waals surface area contributed by atoms with E-state index in [9.17, 15) is 9.90 Å². The predicted molar refractivity (Wildman–Crippen MR) is 140 cm³/mol. The predicted octanol–water partition coefficient (Wildman–Crippen LogP) is 4.72. The number of carbonyl (C=O) groups excluding carboxylic acids is 1. The fourth-order valence-corrected chi connectivity index (χ4v) is 5.18. The van der Waals surface area contributed by atoms with Gasteiger partial charge in [-0.05, 0) is 96.8 Å². The summed E-state index contributed by atoms with van der Waals surface area (Å²) in [6.45, 7) is 1.48. The zero-order chi connectivity index (χ0) is 25.2. The maximum atomic E-state index is 13.7. The Kier molecular flexibility index (Phi) is 6.26. The minimum atomic E-state index is 0.00814. The van der Waals surface area contributed by atoms with Crippen molar-refractivity contribution in [1.29, 1.82) is 0 Å². The molecule has 2 aliphatic rings. The van der Waals surface area contributed by atoms with E-state index >= 15 is 0 Å². The van der Waals surface area contributed by atoms with Crippen molar-refractivity contribution < 1.29 is 19.4 Å². The highest BCUT2D eigenvalue weighted by Gasteiger charge is 2.20. The molecule has 7 nitrogen and oxygen atoms in total. The van der Waals surface area contributed by atoms with Gasteiger partial charge in [0.1, 0.15) is 5.75 Å². The molecular weight excluding hydrogens is 466 g/mol. The molecule has 4 aromatic rings. The first kappa shape index (κ1) is 23.2. The molecule has 0 saturated heterocycles. The van der Waals surface area contributed by atoms with Crippen LogP contribution in [0.3, 0.4) is 0 Å². The molecule has 188 valence electrons. The Labute approximate surface area is 215 Å². The molecule has 3 aromatic carbocycles. The van der Waals surface area contributed by atoms with E-state index in [1.807, 2.05) is 47.5 Å². The average molecular weight is 496 g/mol. The van der Waals surface area contributed by atoms with E-state index in [-0.39, 0.29) is 12.7 Å². The second-order valence-corrected chi connectivity index (χ2v) is 9.58. The Balaban J connectivity index is 1.31. The maximum Gasteiger partial charge on any atom is 0.253 e. The van der Waals surface area contributed by atoms with Gasteiger partial charge in [-0.15, -0.1) is 0 Å². The van der Waals surface area contributed by atoms with Crippen LogP contribution in [0.5, 0.6) is 17.2 Å². The van der Waals surface area contributed by atoms with E-state index in [4.69, 9.17) is 9.47 Å². The molecular formula is C30H29N3O4. The number of hydrogen-bond acceptors (Lipinski definition) is 5. The van der Waals surface area contributed by atoms with Crippen LogP contribution >= 0.6 is 0 Å². The van der Waals surface area contributed by atoms with Gasteiger partial charge in [0.2, 0.25) is 6.79 Å². The van der Waals surface area contributed by atoms with Crippen LogP contribution < -0.4 is 9.47 Å². The van der Waals surface area contributed by atoms with Crippen molar-refractivity contribution in [3.63, 3.8) is 0 Å². The van der Waals surface area contributed by atoms with Gasteiger partial charge < -0.3 is 19.5 Å². The summed E-state index contributed by atoms with van der Waals surface area (Å²) < 4.78 is 13.0. The molecule has 1 aromatic heterocycles. The highest BCUT2D eigenvalue weighted by atomic mass is 16.7. The van der Waals surface area contributed by atoms with Crippen LogP contribution in [0.25, 0.3) is 5.69 Å². The third kappa shape index (κ3) is 4.89. The van der Waals surface area contributed by atoms with Crippen LogP contribution in [0.4, 0.5) is 0 Å². The van der Waals surface area contributed by atoms with Gasteiger partial charge in [-0.25, -0.2) is 4.68 Å². The monoisotopic (exact) mass is 495 g/mol. The Morgan fingerprint density at radius 1 is 0.838 bits per heavy atom. The van der Waals surface area contributed by atoms with Crippen molar-refractivity contribution in [2.45, 2.75) is 32.1 Å². The summed E-state index contributed by atoms with van der Waals surface area (Å²) in [6, 6.07) is 19.4. The summed E-state index contributed by atoms with van der Waals surface area (Å²) in [6.07, 6.45) is 7.51. The largest absolute Gasteiger partial charge is 0.508 e. The van der Waals surface area contributed by atoms with Crippen LogP contribution in [-0.2, 0) is 25.7 Å². The number of nitrogens with zero attached hydrogens (tertiary/aromatic N) is 3. The summed E-state index contributed by atoms with van der Waals surface area (Å²) in [5.41, 5.74) is 5.93. The van der Waals surface area contributed by atoms with Crippen LogP contribution in [0.15, 0.2) is 73.1 Å².